The Morgan fingerprint density at radius 3 is 2.08 bits per heavy atom. The number of carbonyl (C=O) groups excluding carboxylic acids is 5. The summed E-state index contributed by atoms with van der Waals surface area (Å²) in [6.45, 7) is 13.1. The van der Waals surface area contributed by atoms with Gasteiger partial charge in [0.05, 0.1) is 12.1 Å². The number of rotatable bonds is 17. The highest BCUT2D eigenvalue weighted by molar-refractivity contribution is 5.93. The number of unbranched alkanes of at least 4 members (excludes halogenated alkanes) is 1. The van der Waals surface area contributed by atoms with Gasteiger partial charge in [0.15, 0.2) is 0 Å². The maximum Gasteiger partial charge on any atom is 0.407 e. The van der Waals surface area contributed by atoms with Crippen LogP contribution in [0.2, 0.25) is 0 Å². The molecule has 284 valence electrons. The maximum atomic E-state index is 14.0. The third-order valence-electron chi connectivity index (χ3n) is 9.00. The van der Waals surface area contributed by atoms with Gasteiger partial charge in [-0.2, -0.15) is 0 Å². The van der Waals surface area contributed by atoms with Gasteiger partial charge in [0.1, 0.15) is 23.9 Å². The number of benzene rings is 1. The van der Waals surface area contributed by atoms with E-state index in [1.54, 1.807) is 30.6 Å². The number of hydrogen-bond donors (Lipinski definition) is 5. The molecule has 4 rings (SSSR count). The largest absolute Gasteiger partial charge is 0.444 e. The molecule has 1 unspecified atom stereocenters. The molecule has 51 heavy (non-hydrogen) atoms. The predicted molar refractivity (Wildman–Crippen MR) is 193 cm³/mol. The summed E-state index contributed by atoms with van der Waals surface area (Å²) < 4.78 is 10.9. The molecule has 0 bridgehead atoms. The van der Waals surface area contributed by atoms with Crippen molar-refractivity contribution in [2.75, 3.05) is 32.7 Å². The topological polar surface area (TPSA) is 174 Å². The van der Waals surface area contributed by atoms with Crippen LogP contribution in [0.25, 0.3) is 0 Å². The van der Waals surface area contributed by atoms with Crippen LogP contribution in [0.15, 0.2) is 30.3 Å². The van der Waals surface area contributed by atoms with Crippen molar-refractivity contribution < 1.29 is 33.4 Å². The number of piperazine rings is 1. The summed E-state index contributed by atoms with van der Waals surface area (Å²) >= 11 is 0. The Balaban J connectivity index is 1.40. The number of ether oxygens (including phenoxy) is 2. The number of epoxide rings is 1. The van der Waals surface area contributed by atoms with Crippen molar-refractivity contribution in [3.05, 3.63) is 35.9 Å². The summed E-state index contributed by atoms with van der Waals surface area (Å²) in [7, 11) is 0. The summed E-state index contributed by atoms with van der Waals surface area (Å²) in [5, 5.41) is 15.0. The van der Waals surface area contributed by atoms with Gasteiger partial charge in [0.25, 0.3) is 0 Å². The first-order valence-corrected chi connectivity index (χ1v) is 18.6. The van der Waals surface area contributed by atoms with E-state index < -0.39 is 35.7 Å². The predicted octanol–water partition coefficient (Wildman–Crippen LogP) is 2.66. The van der Waals surface area contributed by atoms with Crippen LogP contribution in [-0.2, 0) is 30.3 Å². The van der Waals surface area contributed by atoms with Gasteiger partial charge in [-0.25, -0.2) is 9.59 Å². The molecule has 0 spiro atoms. The van der Waals surface area contributed by atoms with E-state index in [1.165, 1.54) is 0 Å². The highest BCUT2D eigenvalue weighted by Gasteiger charge is 2.39. The zero-order valence-corrected chi connectivity index (χ0v) is 31.2. The van der Waals surface area contributed by atoms with Crippen molar-refractivity contribution in [3.8, 4) is 0 Å². The van der Waals surface area contributed by atoms with E-state index in [0.29, 0.717) is 64.8 Å². The maximum absolute atomic E-state index is 14.0. The van der Waals surface area contributed by atoms with Crippen LogP contribution in [0.4, 0.5) is 9.59 Å². The number of urea groups is 1. The lowest BCUT2D eigenvalue weighted by Crippen LogP contribution is -2.59. The molecule has 3 fully saturated rings. The standard InChI is InChI=1S/C37H59N7O7/c1-24(2)22-29(41-32(46)30(42-33-25(3)50-33)23-26-12-8-7-9-13-26)31(45)40-28(14-10-11-17-38-36(49)51-37(4,5)6)34(47)43-18-20-44(21-19-43)35(48)39-27-15-16-27/h7-9,12-13,24-25,27-30,33,42H,10-11,14-23H2,1-6H3,(H,38,49)(H,39,48)(H,40,45)(H,41,46)/t25-,28-,29-,30-,33?/m1/s1. The quantitative estimate of drug-likeness (QED) is 0.121. The zero-order chi connectivity index (χ0) is 37.1. The molecule has 2 aliphatic heterocycles. The van der Waals surface area contributed by atoms with Crippen LogP contribution in [-0.4, -0.2) is 114 Å². The third kappa shape index (κ3) is 14.0. The average Bonchev–Trinajstić information content (AvgIpc) is 4.01. The molecule has 3 aliphatic rings. The summed E-state index contributed by atoms with van der Waals surface area (Å²) in [6.07, 6.45) is 3.46. The van der Waals surface area contributed by atoms with Crippen molar-refractivity contribution in [2.24, 2.45) is 5.92 Å². The molecule has 5 N–H and O–H groups in total. The Morgan fingerprint density at radius 2 is 1.49 bits per heavy atom. The Kier molecular flexibility index (Phi) is 14.5. The van der Waals surface area contributed by atoms with E-state index in [-0.39, 0.29) is 42.1 Å². The molecule has 2 heterocycles. The second kappa shape index (κ2) is 18.5. The molecular weight excluding hydrogens is 654 g/mol. The van der Waals surface area contributed by atoms with Gasteiger partial charge in [0.2, 0.25) is 17.7 Å². The van der Waals surface area contributed by atoms with Crippen LogP contribution in [0, 0.1) is 5.92 Å². The first kappa shape index (κ1) is 39.9. The molecule has 1 saturated carbocycles. The highest BCUT2D eigenvalue weighted by Crippen LogP contribution is 2.21. The molecule has 14 nitrogen and oxygen atoms in total. The van der Waals surface area contributed by atoms with Crippen molar-refractivity contribution >= 4 is 29.8 Å². The lowest BCUT2D eigenvalue weighted by molar-refractivity contribution is -0.138. The fraction of sp³-hybridized carbons (Fsp3) is 0.703. The van der Waals surface area contributed by atoms with E-state index in [4.69, 9.17) is 9.47 Å². The zero-order valence-electron chi connectivity index (χ0n) is 31.2. The van der Waals surface area contributed by atoms with Crippen LogP contribution >= 0.6 is 0 Å². The molecule has 1 aliphatic carbocycles. The van der Waals surface area contributed by atoms with Crippen LogP contribution in [0.1, 0.15) is 85.6 Å². The number of nitrogens with zero attached hydrogens (tertiary/aromatic N) is 2. The average molecular weight is 714 g/mol. The lowest BCUT2D eigenvalue weighted by atomic mass is 10.00. The SMILES string of the molecule is CC(C)C[C@@H](NC(=O)[C@@H](Cc1ccccc1)NC1O[C@@H]1C)C(=O)N[C@H](CCCCNC(=O)OC(C)(C)C)C(=O)N1CCN(C(=O)NC2CC2)CC1. The number of amides is 6. The normalized spacial score (nSPS) is 20.5. The third-order valence-corrected chi connectivity index (χ3v) is 9.00. The van der Waals surface area contributed by atoms with Gasteiger partial charge < -0.3 is 40.5 Å². The minimum absolute atomic E-state index is 0.00798. The summed E-state index contributed by atoms with van der Waals surface area (Å²) in [5.74, 6) is -0.904. The lowest BCUT2D eigenvalue weighted by Gasteiger charge is -2.37. The second-order valence-electron chi connectivity index (χ2n) is 15.4. The van der Waals surface area contributed by atoms with Crippen LogP contribution in [0.3, 0.4) is 0 Å². The van der Waals surface area contributed by atoms with Crippen LogP contribution < -0.4 is 26.6 Å². The van der Waals surface area contributed by atoms with E-state index >= 15 is 0 Å². The Bertz CT molecular complexity index is 1330. The number of hydrogen-bond acceptors (Lipinski definition) is 8. The van der Waals surface area contributed by atoms with Gasteiger partial charge in [-0.1, -0.05) is 44.2 Å². The molecular formula is C37H59N7O7. The molecule has 1 aromatic rings. The molecule has 1 aromatic carbocycles. The molecule has 5 atom stereocenters. The number of alkyl carbamates (subject to hydrolysis) is 1. The van der Waals surface area contributed by atoms with E-state index in [2.05, 4.69) is 26.6 Å². The highest BCUT2D eigenvalue weighted by atomic mass is 16.6. The van der Waals surface area contributed by atoms with Crippen molar-refractivity contribution in [1.82, 2.24) is 36.4 Å². The molecule has 6 amide bonds. The summed E-state index contributed by atoms with van der Waals surface area (Å²) in [5.41, 5.74) is 0.360. The van der Waals surface area contributed by atoms with E-state index in [0.717, 1.165) is 18.4 Å². The molecule has 0 radical (unpaired) electrons. The molecule has 14 heteroatoms. The Morgan fingerprint density at radius 1 is 0.882 bits per heavy atom. The van der Waals surface area contributed by atoms with Crippen molar-refractivity contribution in [2.45, 2.75) is 129 Å². The van der Waals surface area contributed by atoms with Crippen molar-refractivity contribution in [3.63, 3.8) is 0 Å². The van der Waals surface area contributed by atoms with Crippen LogP contribution in [0.5, 0.6) is 0 Å². The first-order chi connectivity index (χ1) is 24.2. The summed E-state index contributed by atoms with van der Waals surface area (Å²) in [6, 6.07) is 7.45. The number of carbonyl (C=O) groups is 5. The molecule has 2 saturated heterocycles. The summed E-state index contributed by atoms with van der Waals surface area (Å²) in [4.78, 5) is 69.8. The van der Waals surface area contributed by atoms with Gasteiger partial charge in [0, 0.05) is 38.8 Å². The monoisotopic (exact) mass is 713 g/mol. The van der Waals surface area contributed by atoms with Gasteiger partial charge >= 0.3 is 12.1 Å². The number of nitrogens with one attached hydrogen (secondary N) is 5. The second-order valence-corrected chi connectivity index (χ2v) is 15.4. The van der Waals surface area contributed by atoms with E-state index in [9.17, 15) is 24.0 Å². The minimum atomic E-state index is -0.873. The fourth-order valence-electron chi connectivity index (χ4n) is 5.96. The fourth-order valence-corrected chi connectivity index (χ4v) is 5.96. The Labute approximate surface area is 302 Å². The first-order valence-electron chi connectivity index (χ1n) is 18.6. The van der Waals surface area contributed by atoms with Gasteiger partial charge in [-0.15, -0.1) is 0 Å². The van der Waals surface area contributed by atoms with E-state index in [1.807, 2.05) is 51.1 Å². The Hall–Kier alpha value is -3.91. The van der Waals surface area contributed by atoms with Gasteiger partial charge in [-0.05, 0) is 84.1 Å². The smallest absolute Gasteiger partial charge is 0.407 e. The van der Waals surface area contributed by atoms with Crippen molar-refractivity contribution in [1.29, 1.82) is 0 Å². The minimum Gasteiger partial charge on any atom is -0.444 e. The van der Waals surface area contributed by atoms with Gasteiger partial charge in [-0.3, -0.25) is 19.7 Å². The molecule has 0 aromatic heterocycles.